The fourth-order valence-electron chi connectivity index (χ4n) is 3.85. The van der Waals surface area contributed by atoms with E-state index in [1.807, 2.05) is 6.92 Å². The average Bonchev–Trinajstić information content (AvgIpc) is 3.04. The molecule has 0 N–H and O–H groups in total. The first-order valence-electron chi connectivity index (χ1n) is 8.67. The molecule has 2 saturated heterocycles. The number of rotatable bonds is 3. The smallest absolute Gasteiger partial charge is 0.314 e. The summed E-state index contributed by atoms with van der Waals surface area (Å²) in [4.78, 5) is 16.1. The number of urea groups is 1. The first-order valence-corrected chi connectivity index (χ1v) is 11.2. The van der Waals surface area contributed by atoms with Gasteiger partial charge in [-0.3, -0.25) is 4.90 Å². The first kappa shape index (κ1) is 19.5. The van der Waals surface area contributed by atoms with E-state index in [4.69, 9.17) is 23.2 Å². The molecule has 2 fully saturated rings. The second-order valence-electron chi connectivity index (χ2n) is 7.13. The SMILES string of the molecule is Cc1ccc(N2C(=O)N(Cc3c(F)cccc3Cl)[C@@H]3CS(=O)(=O)C[C@@H]32)cc1Cl. The Morgan fingerprint density at radius 2 is 1.82 bits per heavy atom. The van der Waals surface area contributed by atoms with Gasteiger partial charge in [0.05, 0.1) is 30.1 Å². The second-order valence-corrected chi connectivity index (χ2v) is 10.1. The molecule has 2 aliphatic rings. The van der Waals surface area contributed by atoms with Crippen LogP contribution in [-0.4, -0.2) is 42.9 Å². The number of carbonyl (C=O) groups excluding carboxylic acids is 1. The lowest BCUT2D eigenvalue weighted by atomic mass is 10.1. The Morgan fingerprint density at radius 1 is 1.11 bits per heavy atom. The molecule has 2 aromatic carbocycles. The van der Waals surface area contributed by atoms with Gasteiger partial charge in [0, 0.05) is 21.3 Å². The molecule has 148 valence electrons. The zero-order valence-corrected chi connectivity index (χ0v) is 17.2. The van der Waals surface area contributed by atoms with Gasteiger partial charge in [-0.1, -0.05) is 35.3 Å². The zero-order chi connectivity index (χ0) is 20.2. The number of hydrogen-bond donors (Lipinski definition) is 0. The number of sulfone groups is 1. The van der Waals surface area contributed by atoms with Crippen molar-refractivity contribution in [2.24, 2.45) is 0 Å². The summed E-state index contributed by atoms with van der Waals surface area (Å²) in [6.45, 7) is 1.74. The summed E-state index contributed by atoms with van der Waals surface area (Å²) in [5, 5.41) is 0.681. The van der Waals surface area contributed by atoms with Crippen LogP contribution in [0.5, 0.6) is 0 Å². The van der Waals surface area contributed by atoms with Crippen molar-refractivity contribution in [2.75, 3.05) is 16.4 Å². The van der Waals surface area contributed by atoms with Crippen LogP contribution in [0, 0.1) is 12.7 Å². The lowest BCUT2D eigenvalue weighted by molar-refractivity contribution is 0.205. The highest BCUT2D eigenvalue weighted by Crippen LogP contribution is 2.38. The summed E-state index contributed by atoms with van der Waals surface area (Å²) < 4.78 is 38.9. The third-order valence-corrected chi connectivity index (χ3v) is 7.76. The molecule has 4 rings (SSSR count). The quantitative estimate of drug-likeness (QED) is 0.673. The highest BCUT2D eigenvalue weighted by atomic mass is 35.5. The van der Waals surface area contributed by atoms with Crippen molar-refractivity contribution < 1.29 is 17.6 Å². The topological polar surface area (TPSA) is 57.7 Å². The number of anilines is 1. The molecule has 0 spiro atoms. The molecule has 2 aromatic rings. The summed E-state index contributed by atoms with van der Waals surface area (Å²) in [6.07, 6.45) is 0. The van der Waals surface area contributed by atoms with Crippen LogP contribution in [-0.2, 0) is 16.4 Å². The molecular formula is C19H17Cl2FN2O3S. The molecule has 0 bridgehead atoms. The lowest BCUT2D eigenvalue weighted by Gasteiger charge is -2.23. The van der Waals surface area contributed by atoms with Crippen molar-refractivity contribution in [3.63, 3.8) is 0 Å². The summed E-state index contributed by atoms with van der Waals surface area (Å²) in [6, 6.07) is 7.94. The number of nitrogens with zero attached hydrogens (tertiary/aromatic N) is 2. The van der Waals surface area contributed by atoms with Crippen LogP contribution in [0.15, 0.2) is 36.4 Å². The van der Waals surface area contributed by atoms with Crippen molar-refractivity contribution in [3.05, 3.63) is 63.4 Å². The molecule has 2 atom stereocenters. The van der Waals surface area contributed by atoms with Crippen LogP contribution in [0.1, 0.15) is 11.1 Å². The molecule has 9 heteroatoms. The van der Waals surface area contributed by atoms with Gasteiger partial charge in [0.1, 0.15) is 5.82 Å². The summed E-state index contributed by atoms with van der Waals surface area (Å²) in [7, 11) is -3.33. The molecule has 2 aliphatic heterocycles. The van der Waals surface area contributed by atoms with E-state index in [0.717, 1.165) is 5.56 Å². The average molecular weight is 443 g/mol. The summed E-state index contributed by atoms with van der Waals surface area (Å²) in [5.74, 6) is -0.836. The summed E-state index contributed by atoms with van der Waals surface area (Å²) in [5.41, 5.74) is 1.54. The van der Waals surface area contributed by atoms with Gasteiger partial charge in [-0.05, 0) is 36.8 Å². The van der Waals surface area contributed by atoms with E-state index >= 15 is 0 Å². The molecule has 0 radical (unpaired) electrons. The van der Waals surface area contributed by atoms with Crippen molar-refractivity contribution in [3.8, 4) is 0 Å². The van der Waals surface area contributed by atoms with E-state index in [9.17, 15) is 17.6 Å². The maximum Gasteiger partial charge on any atom is 0.325 e. The Bertz CT molecular complexity index is 1060. The minimum atomic E-state index is -3.33. The molecule has 5 nitrogen and oxygen atoms in total. The van der Waals surface area contributed by atoms with Crippen LogP contribution in [0.4, 0.5) is 14.9 Å². The van der Waals surface area contributed by atoms with Gasteiger partial charge in [0.15, 0.2) is 9.84 Å². The Labute approximate surface area is 172 Å². The normalized spacial score (nSPS) is 23.4. The number of amides is 2. The molecule has 28 heavy (non-hydrogen) atoms. The first-order chi connectivity index (χ1) is 13.2. The van der Waals surface area contributed by atoms with Crippen LogP contribution < -0.4 is 4.90 Å². The van der Waals surface area contributed by atoms with Crippen LogP contribution >= 0.6 is 23.2 Å². The van der Waals surface area contributed by atoms with Gasteiger partial charge in [0.2, 0.25) is 0 Å². The third kappa shape index (κ3) is 3.25. The van der Waals surface area contributed by atoms with Gasteiger partial charge in [-0.25, -0.2) is 17.6 Å². The van der Waals surface area contributed by atoms with E-state index in [-0.39, 0.29) is 34.7 Å². The fourth-order valence-corrected chi connectivity index (χ4v) is 6.20. The number of hydrogen-bond acceptors (Lipinski definition) is 3. The largest absolute Gasteiger partial charge is 0.325 e. The molecule has 2 amide bonds. The molecule has 0 aromatic heterocycles. The van der Waals surface area contributed by atoms with Crippen molar-refractivity contribution in [1.29, 1.82) is 0 Å². The third-order valence-electron chi connectivity index (χ3n) is 5.30. The van der Waals surface area contributed by atoms with E-state index < -0.39 is 27.7 Å². The molecule has 0 saturated carbocycles. The predicted octanol–water partition coefficient (Wildman–Crippen LogP) is 4.05. The molecule has 0 aliphatic carbocycles. The van der Waals surface area contributed by atoms with Crippen LogP contribution in [0.2, 0.25) is 10.0 Å². The van der Waals surface area contributed by atoms with Crippen molar-refractivity contribution in [1.82, 2.24) is 4.90 Å². The standard InChI is InChI=1S/C19H17Cl2FN2O3S/c1-11-5-6-12(7-15(11)21)24-18-10-28(26,27)9-17(18)23(19(24)25)8-13-14(20)3-2-4-16(13)22/h2-7,17-18H,8-10H2,1H3/t17-,18+/m1/s1. The highest BCUT2D eigenvalue weighted by Gasteiger charge is 2.54. The van der Waals surface area contributed by atoms with Crippen LogP contribution in [0.25, 0.3) is 0 Å². The molecule has 2 heterocycles. The number of fused-ring (bicyclic) bond motifs is 1. The fraction of sp³-hybridized carbons (Fsp3) is 0.316. The van der Waals surface area contributed by atoms with Gasteiger partial charge in [-0.2, -0.15) is 0 Å². The number of aryl methyl sites for hydroxylation is 1. The zero-order valence-electron chi connectivity index (χ0n) is 14.9. The Balaban J connectivity index is 1.75. The highest BCUT2D eigenvalue weighted by molar-refractivity contribution is 7.91. The van der Waals surface area contributed by atoms with E-state index in [1.54, 1.807) is 24.3 Å². The van der Waals surface area contributed by atoms with E-state index in [0.29, 0.717) is 10.7 Å². The Morgan fingerprint density at radius 3 is 2.50 bits per heavy atom. The van der Waals surface area contributed by atoms with Gasteiger partial charge in [-0.15, -0.1) is 0 Å². The molecule has 0 unspecified atom stereocenters. The number of halogens is 3. The minimum absolute atomic E-state index is 0.100. The lowest BCUT2D eigenvalue weighted by Crippen LogP contribution is -2.37. The number of carbonyl (C=O) groups is 1. The van der Waals surface area contributed by atoms with Crippen molar-refractivity contribution >= 4 is 44.8 Å². The molecular weight excluding hydrogens is 426 g/mol. The Hall–Kier alpha value is -1.83. The van der Waals surface area contributed by atoms with Gasteiger partial charge < -0.3 is 4.90 Å². The maximum atomic E-state index is 14.3. The summed E-state index contributed by atoms with van der Waals surface area (Å²) >= 11 is 12.3. The Kier molecular flexibility index (Phi) is 4.80. The predicted molar refractivity (Wildman–Crippen MR) is 107 cm³/mol. The van der Waals surface area contributed by atoms with Crippen molar-refractivity contribution in [2.45, 2.75) is 25.6 Å². The maximum absolute atomic E-state index is 14.3. The van der Waals surface area contributed by atoms with E-state index in [1.165, 1.54) is 21.9 Å². The van der Waals surface area contributed by atoms with E-state index in [2.05, 4.69) is 0 Å². The minimum Gasteiger partial charge on any atom is -0.314 e. The monoisotopic (exact) mass is 442 g/mol. The number of benzene rings is 2. The van der Waals surface area contributed by atoms with Gasteiger partial charge in [0.25, 0.3) is 0 Å². The second kappa shape index (κ2) is 6.90. The van der Waals surface area contributed by atoms with Gasteiger partial charge >= 0.3 is 6.03 Å². The van der Waals surface area contributed by atoms with Crippen LogP contribution in [0.3, 0.4) is 0 Å².